The van der Waals surface area contributed by atoms with Gasteiger partial charge in [-0.05, 0) is 43.2 Å². The highest BCUT2D eigenvalue weighted by Gasteiger charge is 2.14. The minimum atomic E-state index is -0.180. The van der Waals surface area contributed by atoms with Gasteiger partial charge in [-0.1, -0.05) is 42.5 Å². The molecule has 0 bridgehead atoms. The van der Waals surface area contributed by atoms with Gasteiger partial charge in [-0.3, -0.25) is 0 Å². The Kier molecular flexibility index (Phi) is 5.81. The van der Waals surface area contributed by atoms with Crippen molar-refractivity contribution in [3.63, 3.8) is 0 Å². The van der Waals surface area contributed by atoms with E-state index in [1.54, 1.807) is 7.11 Å². The summed E-state index contributed by atoms with van der Waals surface area (Å²) in [4.78, 5) is 12.1. The predicted molar refractivity (Wildman–Crippen MR) is 107 cm³/mol. The van der Waals surface area contributed by atoms with Crippen LogP contribution in [0.1, 0.15) is 22.5 Å². The fraction of sp³-hybridized carbons (Fsp3) is 0.227. The van der Waals surface area contributed by atoms with E-state index in [2.05, 4.69) is 35.1 Å². The first-order valence-corrected chi connectivity index (χ1v) is 8.97. The van der Waals surface area contributed by atoms with Crippen LogP contribution in [0.3, 0.4) is 0 Å². The quantitative estimate of drug-likeness (QED) is 0.693. The lowest BCUT2D eigenvalue weighted by atomic mass is 10.2. The third-order valence-electron chi connectivity index (χ3n) is 4.60. The van der Waals surface area contributed by atoms with Gasteiger partial charge in [-0.25, -0.2) is 4.79 Å². The molecule has 0 spiro atoms. The number of nitrogens with one attached hydrogen (secondary N) is 2. The molecule has 0 aliphatic carbocycles. The number of urea groups is 1. The molecule has 2 N–H and O–H groups in total. The fourth-order valence-corrected chi connectivity index (χ4v) is 3.21. The topological polar surface area (TPSA) is 55.3 Å². The second kappa shape index (κ2) is 8.45. The highest BCUT2D eigenvalue weighted by molar-refractivity contribution is 5.73. The Labute approximate surface area is 160 Å². The van der Waals surface area contributed by atoms with E-state index < -0.39 is 0 Å². The Balaban J connectivity index is 1.67. The van der Waals surface area contributed by atoms with Gasteiger partial charge in [-0.2, -0.15) is 0 Å². The Morgan fingerprint density at radius 3 is 2.37 bits per heavy atom. The van der Waals surface area contributed by atoms with Gasteiger partial charge in [0.1, 0.15) is 5.75 Å². The van der Waals surface area contributed by atoms with Crippen LogP contribution in [0.15, 0.2) is 60.7 Å². The van der Waals surface area contributed by atoms with Gasteiger partial charge in [0.2, 0.25) is 0 Å². The standard InChI is InChI=1S/C22H25N3O2/c1-16-13-19(15-24-22(26)23-14-18-9-5-4-6-10-18)17(2)25(16)20-11-7-8-12-21(20)27-3/h4-13H,14-15H2,1-3H3,(H2,23,24,26). The summed E-state index contributed by atoms with van der Waals surface area (Å²) in [5, 5.41) is 5.82. The summed E-state index contributed by atoms with van der Waals surface area (Å²) >= 11 is 0. The molecule has 0 atom stereocenters. The van der Waals surface area contributed by atoms with Crippen LogP contribution in [0.2, 0.25) is 0 Å². The van der Waals surface area contributed by atoms with Crippen molar-refractivity contribution in [2.45, 2.75) is 26.9 Å². The average Bonchev–Trinajstić information content (AvgIpc) is 2.98. The van der Waals surface area contributed by atoms with Crippen molar-refractivity contribution < 1.29 is 9.53 Å². The van der Waals surface area contributed by atoms with Crippen LogP contribution in [-0.4, -0.2) is 17.7 Å². The third-order valence-corrected chi connectivity index (χ3v) is 4.60. The normalized spacial score (nSPS) is 10.5. The van der Waals surface area contributed by atoms with Crippen molar-refractivity contribution in [1.29, 1.82) is 0 Å². The van der Waals surface area contributed by atoms with Crippen LogP contribution in [0, 0.1) is 13.8 Å². The maximum absolute atomic E-state index is 12.1. The zero-order chi connectivity index (χ0) is 19.2. The van der Waals surface area contributed by atoms with Crippen molar-refractivity contribution in [2.75, 3.05) is 7.11 Å². The first-order chi connectivity index (χ1) is 13.1. The van der Waals surface area contributed by atoms with Crippen LogP contribution in [-0.2, 0) is 13.1 Å². The average molecular weight is 363 g/mol. The van der Waals surface area contributed by atoms with Crippen LogP contribution in [0.4, 0.5) is 4.79 Å². The largest absolute Gasteiger partial charge is 0.495 e. The lowest BCUT2D eigenvalue weighted by Crippen LogP contribution is -2.34. The maximum Gasteiger partial charge on any atom is 0.315 e. The molecule has 0 radical (unpaired) electrons. The van der Waals surface area contributed by atoms with Crippen molar-refractivity contribution in [1.82, 2.24) is 15.2 Å². The molecule has 3 aromatic rings. The number of benzene rings is 2. The molecule has 0 saturated carbocycles. The second-order valence-corrected chi connectivity index (χ2v) is 6.43. The number of aryl methyl sites for hydroxylation is 1. The SMILES string of the molecule is COc1ccccc1-n1c(C)cc(CNC(=O)NCc2ccccc2)c1C. The number of rotatable bonds is 6. The maximum atomic E-state index is 12.1. The molecule has 1 heterocycles. The molecule has 0 unspecified atom stereocenters. The monoisotopic (exact) mass is 363 g/mol. The van der Waals surface area contributed by atoms with Gasteiger partial charge in [-0.15, -0.1) is 0 Å². The number of nitrogens with zero attached hydrogens (tertiary/aromatic N) is 1. The number of carbonyl (C=O) groups is 1. The number of ether oxygens (including phenoxy) is 1. The second-order valence-electron chi connectivity index (χ2n) is 6.43. The molecule has 0 aliphatic rings. The van der Waals surface area contributed by atoms with Gasteiger partial charge in [0.15, 0.2) is 0 Å². The van der Waals surface area contributed by atoms with E-state index in [0.717, 1.165) is 34.0 Å². The molecule has 3 rings (SSSR count). The Hall–Kier alpha value is -3.21. The molecule has 5 heteroatoms. The highest BCUT2D eigenvalue weighted by Crippen LogP contribution is 2.27. The lowest BCUT2D eigenvalue weighted by molar-refractivity contribution is 0.240. The fourth-order valence-electron chi connectivity index (χ4n) is 3.21. The first kappa shape index (κ1) is 18.6. The number of para-hydroxylation sites is 2. The smallest absolute Gasteiger partial charge is 0.315 e. The van der Waals surface area contributed by atoms with Gasteiger partial charge in [0, 0.05) is 24.5 Å². The van der Waals surface area contributed by atoms with E-state index in [1.807, 2.05) is 54.6 Å². The Bertz CT molecular complexity index is 917. The molecule has 27 heavy (non-hydrogen) atoms. The summed E-state index contributed by atoms with van der Waals surface area (Å²) in [7, 11) is 1.67. The van der Waals surface area contributed by atoms with Crippen molar-refractivity contribution >= 4 is 6.03 Å². The molecule has 1 aromatic heterocycles. The molecule has 140 valence electrons. The molecule has 0 fully saturated rings. The minimum absolute atomic E-state index is 0.180. The van der Waals surface area contributed by atoms with Gasteiger partial charge in [0.25, 0.3) is 0 Å². The van der Waals surface area contributed by atoms with Crippen LogP contribution in [0.25, 0.3) is 5.69 Å². The summed E-state index contributed by atoms with van der Waals surface area (Å²) < 4.78 is 7.64. The zero-order valence-corrected chi connectivity index (χ0v) is 16.0. The number of hydrogen-bond acceptors (Lipinski definition) is 2. The lowest BCUT2D eigenvalue weighted by Gasteiger charge is -2.14. The van der Waals surface area contributed by atoms with Gasteiger partial charge >= 0.3 is 6.03 Å². The highest BCUT2D eigenvalue weighted by atomic mass is 16.5. The van der Waals surface area contributed by atoms with Gasteiger partial charge in [0.05, 0.1) is 12.8 Å². The van der Waals surface area contributed by atoms with Gasteiger partial charge < -0.3 is 19.9 Å². The molecule has 0 aliphatic heterocycles. The van der Waals surface area contributed by atoms with Crippen molar-refractivity contribution in [2.24, 2.45) is 0 Å². The minimum Gasteiger partial charge on any atom is -0.495 e. The summed E-state index contributed by atoms with van der Waals surface area (Å²) in [5.74, 6) is 0.819. The summed E-state index contributed by atoms with van der Waals surface area (Å²) in [6.07, 6.45) is 0. The number of aromatic nitrogens is 1. The summed E-state index contributed by atoms with van der Waals surface area (Å²) in [5.41, 5.74) is 5.32. The van der Waals surface area contributed by atoms with E-state index in [4.69, 9.17) is 4.74 Å². The molecule has 2 aromatic carbocycles. The number of hydrogen-bond donors (Lipinski definition) is 2. The number of carbonyl (C=O) groups excluding carboxylic acids is 1. The summed E-state index contributed by atoms with van der Waals surface area (Å²) in [6, 6.07) is 19.7. The van der Waals surface area contributed by atoms with E-state index in [1.165, 1.54) is 0 Å². The van der Waals surface area contributed by atoms with E-state index >= 15 is 0 Å². The van der Waals surface area contributed by atoms with E-state index in [-0.39, 0.29) is 6.03 Å². The predicted octanol–water partition coefficient (Wildman–Crippen LogP) is 4.10. The van der Waals surface area contributed by atoms with Crippen molar-refractivity contribution in [3.05, 3.63) is 83.2 Å². The molecular formula is C22H25N3O2. The van der Waals surface area contributed by atoms with E-state index in [0.29, 0.717) is 13.1 Å². The number of methoxy groups -OCH3 is 1. The van der Waals surface area contributed by atoms with Crippen LogP contribution >= 0.6 is 0 Å². The Morgan fingerprint density at radius 2 is 1.63 bits per heavy atom. The zero-order valence-electron chi connectivity index (χ0n) is 16.0. The van der Waals surface area contributed by atoms with E-state index in [9.17, 15) is 4.79 Å². The number of amides is 2. The van der Waals surface area contributed by atoms with Crippen molar-refractivity contribution in [3.8, 4) is 11.4 Å². The molecule has 0 saturated heterocycles. The Morgan fingerprint density at radius 1 is 0.963 bits per heavy atom. The van der Waals surface area contributed by atoms with Crippen LogP contribution in [0.5, 0.6) is 5.75 Å². The third kappa shape index (κ3) is 4.31. The molecule has 5 nitrogen and oxygen atoms in total. The summed E-state index contributed by atoms with van der Waals surface area (Å²) in [6.45, 7) is 5.08. The van der Waals surface area contributed by atoms with Crippen LogP contribution < -0.4 is 15.4 Å². The molecular weight excluding hydrogens is 338 g/mol. The molecule has 2 amide bonds. The first-order valence-electron chi connectivity index (χ1n) is 8.97.